The highest BCUT2D eigenvalue weighted by Gasteiger charge is 2.24. The van der Waals surface area contributed by atoms with E-state index in [1.807, 2.05) is 4.90 Å². The molecule has 2 heterocycles. The van der Waals surface area contributed by atoms with Crippen LogP contribution in [-0.2, 0) is 9.53 Å². The van der Waals surface area contributed by atoms with Gasteiger partial charge in [-0.05, 0) is 6.07 Å². The Hall–Kier alpha value is -1.66. The number of pyridine rings is 1. The molecule has 0 radical (unpaired) electrons. The van der Waals surface area contributed by atoms with Gasteiger partial charge in [-0.2, -0.15) is 0 Å². The number of ether oxygens (including phenoxy) is 1. The summed E-state index contributed by atoms with van der Waals surface area (Å²) in [5, 5.41) is 0.405. The third kappa shape index (κ3) is 3.46. The molecular weight excluding hydrogens is 282 g/mol. The van der Waals surface area contributed by atoms with Crippen LogP contribution in [0, 0.1) is 0 Å². The molecule has 1 aromatic heterocycles. The highest BCUT2D eigenvalue weighted by atomic mass is 35.5. The highest BCUT2D eigenvalue weighted by Crippen LogP contribution is 2.16. The van der Waals surface area contributed by atoms with E-state index >= 15 is 0 Å². The van der Waals surface area contributed by atoms with Crippen molar-refractivity contribution in [3.05, 3.63) is 29.0 Å². The molecule has 1 aliphatic rings. The van der Waals surface area contributed by atoms with E-state index in [0.29, 0.717) is 36.8 Å². The van der Waals surface area contributed by atoms with Crippen LogP contribution in [0.4, 0.5) is 0 Å². The molecule has 7 heteroatoms. The van der Waals surface area contributed by atoms with Gasteiger partial charge in [0.2, 0.25) is 0 Å². The van der Waals surface area contributed by atoms with Crippen LogP contribution in [0.1, 0.15) is 10.4 Å². The zero-order valence-electron chi connectivity index (χ0n) is 11.2. The summed E-state index contributed by atoms with van der Waals surface area (Å²) >= 11 is 6.00. The number of piperazine rings is 1. The van der Waals surface area contributed by atoms with Gasteiger partial charge in [-0.3, -0.25) is 19.5 Å². The Morgan fingerprint density at radius 3 is 2.65 bits per heavy atom. The maximum atomic E-state index is 12.3. The topological polar surface area (TPSA) is 62.7 Å². The molecule has 0 atom stereocenters. The molecule has 1 aromatic rings. The number of hydrogen-bond acceptors (Lipinski definition) is 5. The van der Waals surface area contributed by atoms with E-state index in [1.54, 1.807) is 17.2 Å². The summed E-state index contributed by atoms with van der Waals surface area (Å²) in [7, 11) is 1.37. The van der Waals surface area contributed by atoms with Crippen molar-refractivity contribution in [3.8, 4) is 0 Å². The van der Waals surface area contributed by atoms with E-state index in [4.69, 9.17) is 11.6 Å². The highest BCUT2D eigenvalue weighted by molar-refractivity contribution is 6.33. The average molecular weight is 298 g/mol. The van der Waals surface area contributed by atoms with Crippen LogP contribution < -0.4 is 0 Å². The number of aromatic nitrogens is 1. The predicted molar refractivity (Wildman–Crippen MR) is 73.6 cm³/mol. The lowest BCUT2D eigenvalue weighted by molar-refractivity contribution is -0.142. The molecule has 6 nitrogen and oxygen atoms in total. The molecule has 1 aliphatic heterocycles. The summed E-state index contributed by atoms with van der Waals surface area (Å²) in [6.07, 6.45) is 3.03. The second-order valence-electron chi connectivity index (χ2n) is 4.50. The molecule has 0 aromatic carbocycles. The fourth-order valence-corrected chi connectivity index (χ4v) is 2.25. The monoisotopic (exact) mass is 297 g/mol. The van der Waals surface area contributed by atoms with E-state index in [9.17, 15) is 9.59 Å². The third-order valence-electron chi connectivity index (χ3n) is 3.24. The van der Waals surface area contributed by atoms with Gasteiger partial charge < -0.3 is 9.64 Å². The van der Waals surface area contributed by atoms with Crippen molar-refractivity contribution in [1.82, 2.24) is 14.8 Å². The van der Waals surface area contributed by atoms with Gasteiger partial charge in [0.25, 0.3) is 5.91 Å². The summed E-state index contributed by atoms with van der Waals surface area (Å²) in [6.45, 7) is 2.64. The van der Waals surface area contributed by atoms with E-state index in [-0.39, 0.29) is 18.4 Å². The molecular formula is C13H16ClN3O3. The minimum Gasteiger partial charge on any atom is -0.468 e. The Morgan fingerprint density at radius 1 is 1.35 bits per heavy atom. The van der Waals surface area contributed by atoms with Gasteiger partial charge in [-0.15, -0.1) is 0 Å². The van der Waals surface area contributed by atoms with Gasteiger partial charge in [0, 0.05) is 38.6 Å². The largest absolute Gasteiger partial charge is 0.468 e. The van der Waals surface area contributed by atoms with E-state index in [1.165, 1.54) is 13.3 Å². The summed E-state index contributed by atoms with van der Waals surface area (Å²) in [4.78, 5) is 31.1. The fraction of sp³-hybridized carbons (Fsp3) is 0.462. The van der Waals surface area contributed by atoms with Gasteiger partial charge in [-0.25, -0.2) is 0 Å². The zero-order valence-corrected chi connectivity index (χ0v) is 12.0. The minimum absolute atomic E-state index is 0.124. The van der Waals surface area contributed by atoms with Gasteiger partial charge in [-0.1, -0.05) is 11.6 Å². The standard InChI is InChI=1S/C13H16ClN3O3/c1-20-12(18)9-16-4-6-17(7-5-16)13(19)10-8-15-3-2-11(10)14/h2-3,8H,4-7,9H2,1H3. The first-order valence-electron chi connectivity index (χ1n) is 6.29. The Kier molecular flexibility index (Phi) is 4.92. The number of carbonyl (C=O) groups excluding carboxylic acids is 2. The number of esters is 1. The molecule has 0 bridgehead atoms. The second kappa shape index (κ2) is 6.67. The number of carbonyl (C=O) groups is 2. The van der Waals surface area contributed by atoms with Crippen LogP contribution in [0.2, 0.25) is 5.02 Å². The van der Waals surface area contributed by atoms with Crippen LogP contribution >= 0.6 is 11.6 Å². The van der Waals surface area contributed by atoms with E-state index < -0.39 is 0 Å². The number of methoxy groups -OCH3 is 1. The number of amides is 1. The third-order valence-corrected chi connectivity index (χ3v) is 3.57. The first kappa shape index (κ1) is 14.7. The molecule has 0 unspecified atom stereocenters. The lowest BCUT2D eigenvalue weighted by atomic mass is 10.2. The number of halogens is 1. The van der Waals surface area contributed by atoms with Crippen molar-refractivity contribution >= 4 is 23.5 Å². The normalized spacial score (nSPS) is 16.0. The Morgan fingerprint density at radius 2 is 2.05 bits per heavy atom. The van der Waals surface area contributed by atoms with Crippen LogP contribution in [0.25, 0.3) is 0 Å². The second-order valence-corrected chi connectivity index (χ2v) is 4.91. The van der Waals surface area contributed by atoms with Gasteiger partial charge >= 0.3 is 5.97 Å². The van der Waals surface area contributed by atoms with Crippen molar-refractivity contribution in [3.63, 3.8) is 0 Å². The molecule has 0 aliphatic carbocycles. The summed E-state index contributed by atoms with van der Waals surface area (Å²) in [6, 6.07) is 1.60. The SMILES string of the molecule is COC(=O)CN1CCN(C(=O)c2cnccc2Cl)CC1. The molecule has 108 valence electrons. The Labute approximate surface area is 122 Å². The smallest absolute Gasteiger partial charge is 0.319 e. The Balaban J connectivity index is 1.92. The van der Waals surface area contributed by atoms with Crippen LogP contribution in [-0.4, -0.2) is 66.5 Å². The Bertz CT molecular complexity index is 501. The number of rotatable bonds is 3. The van der Waals surface area contributed by atoms with Crippen molar-refractivity contribution in [2.24, 2.45) is 0 Å². The molecule has 1 amide bonds. The van der Waals surface area contributed by atoms with Crippen LogP contribution in [0.15, 0.2) is 18.5 Å². The maximum Gasteiger partial charge on any atom is 0.319 e. The fourth-order valence-electron chi connectivity index (χ4n) is 2.06. The van der Waals surface area contributed by atoms with Crippen LogP contribution in [0.5, 0.6) is 0 Å². The summed E-state index contributed by atoms with van der Waals surface area (Å²) in [5.74, 6) is -0.388. The van der Waals surface area contributed by atoms with Crippen molar-refractivity contribution in [1.29, 1.82) is 0 Å². The zero-order chi connectivity index (χ0) is 14.5. The lowest BCUT2D eigenvalue weighted by Gasteiger charge is -2.34. The molecule has 1 fully saturated rings. The molecule has 0 N–H and O–H groups in total. The van der Waals surface area contributed by atoms with E-state index in [0.717, 1.165) is 0 Å². The maximum absolute atomic E-state index is 12.3. The summed E-state index contributed by atoms with van der Waals surface area (Å²) < 4.78 is 4.63. The van der Waals surface area contributed by atoms with Gasteiger partial charge in [0.15, 0.2) is 0 Å². The molecule has 2 rings (SSSR count). The van der Waals surface area contributed by atoms with E-state index in [2.05, 4.69) is 9.72 Å². The van der Waals surface area contributed by atoms with Crippen molar-refractivity contribution in [2.75, 3.05) is 39.8 Å². The number of hydrogen-bond donors (Lipinski definition) is 0. The molecule has 1 saturated heterocycles. The average Bonchev–Trinajstić information content (AvgIpc) is 2.47. The van der Waals surface area contributed by atoms with Crippen LogP contribution in [0.3, 0.4) is 0 Å². The quantitative estimate of drug-likeness (QED) is 0.767. The predicted octanol–water partition coefficient (Wildman–Crippen LogP) is 0.666. The van der Waals surface area contributed by atoms with Crippen molar-refractivity contribution < 1.29 is 14.3 Å². The minimum atomic E-state index is -0.264. The van der Waals surface area contributed by atoms with Gasteiger partial charge in [0.1, 0.15) is 0 Å². The molecule has 0 saturated carbocycles. The first-order valence-corrected chi connectivity index (χ1v) is 6.67. The molecule has 20 heavy (non-hydrogen) atoms. The summed E-state index contributed by atoms with van der Waals surface area (Å²) in [5.41, 5.74) is 0.413. The number of nitrogens with zero attached hydrogens (tertiary/aromatic N) is 3. The van der Waals surface area contributed by atoms with Crippen molar-refractivity contribution in [2.45, 2.75) is 0 Å². The lowest BCUT2D eigenvalue weighted by Crippen LogP contribution is -2.50. The molecule has 0 spiro atoms. The van der Waals surface area contributed by atoms with Gasteiger partial charge in [0.05, 0.1) is 24.2 Å². The first-order chi connectivity index (χ1) is 9.61.